The van der Waals surface area contributed by atoms with Gasteiger partial charge in [0.25, 0.3) is 16.0 Å². The van der Waals surface area contributed by atoms with E-state index in [-0.39, 0.29) is 33.4 Å². The number of ketones is 1. The number of likely N-dealkylation sites (N-methyl/N-ethyl adjacent to an activating group) is 1. The standard InChI is InChI=1S/C24H27NO5S3/c1-23(2)16-10-11-24(23,21(26)13-16)14-33(28,29)30-25(3)22(27)15-8-9-19-20(12-15)32-18-7-5-4-6-17(18)31-19/h4-9,12,16,19-20H,10-11,13-14H2,1-3H3. The number of rotatable bonds is 5. The minimum absolute atomic E-state index is 0.000901. The van der Waals surface area contributed by atoms with Gasteiger partial charge in [0.1, 0.15) is 5.78 Å². The Bertz CT molecular complexity index is 1190. The molecule has 1 aromatic rings. The summed E-state index contributed by atoms with van der Waals surface area (Å²) in [6.07, 6.45) is 7.44. The fourth-order valence-electron chi connectivity index (χ4n) is 5.75. The van der Waals surface area contributed by atoms with Crippen LogP contribution < -0.4 is 0 Å². The van der Waals surface area contributed by atoms with E-state index in [0.717, 1.165) is 11.5 Å². The molecule has 3 aliphatic carbocycles. The molecule has 1 aliphatic heterocycles. The molecule has 0 aromatic heterocycles. The summed E-state index contributed by atoms with van der Waals surface area (Å²) in [5.74, 6) is -0.693. The van der Waals surface area contributed by atoms with E-state index in [1.807, 2.05) is 38.1 Å². The third-order valence-corrected chi connectivity index (χ3v) is 12.1. The van der Waals surface area contributed by atoms with E-state index in [1.54, 1.807) is 29.6 Å². The molecule has 4 aliphatic rings. The average molecular weight is 506 g/mol. The van der Waals surface area contributed by atoms with Gasteiger partial charge in [0.05, 0.1) is 11.2 Å². The second kappa shape index (κ2) is 8.00. The smallest absolute Gasteiger partial charge is 0.289 e. The molecule has 9 heteroatoms. The maximum Gasteiger partial charge on any atom is 0.289 e. The first kappa shape index (κ1) is 23.2. The molecular weight excluding hydrogens is 478 g/mol. The van der Waals surface area contributed by atoms with E-state index in [1.165, 1.54) is 16.8 Å². The molecule has 176 valence electrons. The molecule has 5 rings (SSSR count). The Morgan fingerprint density at radius 2 is 1.85 bits per heavy atom. The molecule has 0 saturated heterocycles. The Balaban J connectivity index is 1.29. The van der Waals surface area contributed by atoms with Crippen molar-refractivity contribution in [3.05, 3.63) is 48.1 Å². The molecule has 33 heavy (non-hydrogen) atoms. The molecule has 0 spiro atoms. The van der Waals surface area contributed by atoms with E-state index in [0.29, 0.717) is 18.4 Å². The topological polar surface area (TPSA) is 80.8 Å². The zero-order valence-corrected chi connectivity index (χ0v) is 21.3. The average Bonchev–Trinajstić information content (AvgIpc) is 3.10. The van der Waals surface area contributed by atoms with Crippen molar-refractivity contribution in [3.63, 3.8) is 0 Å². The zero-order chi connectivity index (χ0) is 23.6. The van der Waals surface area contributed by atoms with Crippen molar-refractivity contribution >= 4 is 45.3 Å². The van der Waals surface area contributed by atoms with Gasteiger partial charge in [0.2, 0.25) is 0 Å². The predicted molar refractivity (Wildman–Crippen MR) is 129 cm³/mol. The van der Waals surface area contributed by atoms with Crippen molar-refractivity contribution in [1.29, 1.82) is 0 Å². The molecule has 2 fully saturated rings. The molecular formula is C24H27NO5S3. The third-order valence-electron chi connectivity index (χ3n) is 7.83. The summed E-state index contributed by atoms with van der Waals surface area (Å²) in [4.78, 5) is 28.1. The van der Waals surface area contributed by atoms with Crippen LogP contribution in [0.5, 0.6) is 0 Å². The molecule has 2 bridgehead atoms. The summed E-state index contributed by atoms with van der Waals surface area (Å²) in [6, 6.07) is 8.17. The van der Waals surface area contributed by atoms with Crippen molar-refractivity contribution in [1.82, 2.24) is 5.06 Å². The van der Waals surface area contributed by atoms with Crippen LogP contribution in [0, 0.1) is 16.7 Å². The lowest BCUT2D eigenvalue weighted by Gasteiger charge is -2.36. The number of carbonyl (C=O) groups excluding carboxylic acids is 2. The maximum atomic E-state index is 13.0. The number of hydrogen-bond donors (Lipinski definition) is 0. The summed E-state index contributed by atoms with van der Waals surface area (Å²) < 4.78 is 31.1. The van der Waals surface area contributed by atoms with E-state index >= 15 is 0 Å². The van der Waals surface area contributed by atoms with Crippen molar-refractivity contribution in [2.45, 2.75) is 53.4 Å². The highest BCUT2D eigenvalue weighted by Gasteiger charge is 2.65. The Kier molecular flexibility index (Phi) is 5.63. The number of Topliss-reactive ketones (excluding diaryl/α,β-unsaturated/α-hetero) is 1. The minimum Gasteiger partial charge on any atom is -0.299 e. The largest absolute Gasteiger partial charge is 0.299 e. The Hall–Kier alpha value is -1.55. The van der Waals surface area contributed by atoms with E-state index in [2.05, 4.69) is 12.1 Å². The number of benzene rings is 1. The van der Waals surface area contributed by atoms with Crippen LogP contribution in [0.15, 0.2) is 57.9 Å². The van der Waals surface area contributed by atoms with Gasteiger partial charge in [-0.15, -0.1) is 27.8 Å². The van der Waals surface area contributed by atoms with Crippen LogP contribution in [0.3, 0.4) is 0 Å². The van der Waals surface area contributed by atoms with E-state index in [9.17, 15) is 18.0 Å². The fraction of sp³-hybridized carbons (Fsp3) is 0.500. The highest BCUT2D eigenvalue weighted by molar-refractivity contribution is 8.06. The monoisotopic (exact) mass is 505 g/mol. The summed E-state index contributed by atoms with van der Waals surface area (Å²) >= 11 is 3.46. The van der Waals surface area contributed by atoms with E-state index < -0.39 is 21.4 Å². The van der Waals surface area contributed by atoms with Gasteiger partial charge in [-0.1, -0.05) is 44.2 Å². The first-order valence-corrected chi connectivity index (χ1v) is 14.4. The van der Waals surface area contributed by atoms with Gasteiger partial charge in [-0.3, -0.25) is 9.59 Å². The molecule has 0 N–H and O–H groups in total. The van der Waals surface area contributed by atoms with Crippen LogP contribution in [0.4, 0.5) is 0 Å². The molecule has 1 aromatic carbocycles. The van der Waals surface area contributed by atoms with Crippen molar-refractivity contribution < 1.29 is 22.3 Å². The quantitative estimate of drug-likeness (QED) is 0.554. The lowest BCUT2D eigenvalue weighted by molar-refractivity contribution is -0.146. The molecule has 4 unspecified atom stereocenters. The molecule has 0 radical (unpaired) electrons. The second-order valence-corrected chi connectivity index (χ2v) is 13.8. The van der Waals surface area contributed by atoms with Crippen LogP contribution in [-0.4, -0.2) is 48.5 Å². The number of nitrogens with zero attached hydrogens (tertiary/aromatic N) is 1. The molecule has 2 saturated carbocycles. The molecule has 6 nitrogen and oxygen atoms in total. The van der Waals surface area contributed by atoms with Crippen molar-refractivity contribution in [2.75, 3.05) is 12.8 Å². The Labute approximate surface area is 203 Å². The molecule has 1 heterocycles. The first-order chi connectivity index (χ1) is 15.5. The van der Waals surface area contributed by atoms with Crippen LogP contribution >= 0.6 is 23.5 Å². The highest BCUT2D eigenvalue weighted by Crippen LogP contribution is 2.64. The van der Waals surface area contributed by atoms with Gasteiger partial charge in [-0.05, 0) is 36.3 Å². The molecule has 4 atom stereocenters. The Morgan fingerprint density at radius 3 is 2.45 bits per heavy atom. The number of carbonyl (C=O) groups is 2. The van der Waals surface area contributed by atoms with Crippen molar-refractivity contribution in [2.24, 2.45) is 16.7 Å². The number of thioether (sulfide) groups is 2. The van der Waals surface area contributed by atoms with Gasteiger partial charge >= 0.3 is 0 Å². The zero-order valence-electron chi connectivity index (χ0n) is 18.8. The summed E-state index contributed by atoms with van der Waals surface area (Å²) in [6.45, 7) is 3.96. The van der Waals surface area contributed by atoms with Crippen LogP contribution in [0.1, 0.15) is 33.1 Å². The third kappa shape index (κ3) is 3.81. The summed E-state index contributed by atoms with van der Waals surface area (Å²) in [7, 11) is -2.82. The van der Waals surface area contributed by atoms with Crippen LogP contribution in [0.2, 0.25) is 0 Å². The number of fused-ring (bicyclic) bond motifs is 4. The van der Waals surface area contributed by atoms with Gasteiger partial charge < -0.3 is 0 Å². The maximum absolute atomic E-state index is 13.0. The fourth-order valence-corrected chi connectivity index (χ4v) is 10.2. The normalized spacial score (nSPS) is 31.7. The van der Waals surface area contributed by atoms with Crippen LogP contribution in [-0.2, 0) is 24.0 Å². The van der Waals surface area contributed by atoms with Crippen molar-refractivity contribution in [3.8, 4) is 0 Å². The first-order valence-electron chi connectivity index (χ1n) is 11.1. The van der Waals surface area contributed by atoms with Gasteiger partial charge in [-0.2, -0.15) is 8.42 Å². The Morgan fingerprint density at radius 1 is 1.18 bits per heavy atom. The number of hydroxylamine groups is 2. The lowest BCUT2D eigenvalue weighted by Crippen LogP contribution is -2.44. The summed E-state index contributed by atoms with van der Waals surface area (Å²) in [5, 5.41) is 1.07. The highest BCUT2D eigenvalue weighted by atomic mass is 32.2. The number of hydrogen-bond acceptors (Lipinski definition) is 7. The predicted octanol–water partition coefficient (Wildman–Crippen LogP) is 4.23. The van der Waals surface area contributed by atoms with Gasteiger partial charge in [0, 0.05) is 39.3 Å². The van der Waals surface area contributed by atoms with Gasteiger partial charge in [0.15, 0.2) is 0 Å². The van der Waals surface area contributed by atoms with Gasteiger partial charge in [-0.25, -0.2) is 5.06 Å². The summed E-state index contributed by atoms with van der Waals surface area (Å²) in [5.41, 5.74) is -0.919. The van der Waals surface area contributed by atoms with Crippen LogP contribution in [0.25, 0.3) is 0 Å². The minimum atomic E-state index is -4.14. The second-order valence-electron chi connectivity index (χ2n) is 9.84. The number of amides is 1. The SMILES string of the molecule is CN(OS(=O)(=O)CC12CCC(CC1=O)C2(C)C)C(=O)C1=CC2Sc3ccccc3SC2C=C1. The lowest BCUT2D eigenvalue weighted by atomic mass is 9.70. The molecule has 1 amide bonds. The van der Waals surface area contributed by atoms with E-state index in [4.69, 9.17) is 4.28 Å².